The van der Waals surface area contributed by atoms with Crippen LogP contribution in [0.3, 0.4) is 0 Å². The molecule has 0 spiro atoms. The molecule has 1 N–H and O–H groups in total. The van der Waals surface area contributed by atoms with Crippen LogP contribution in [0.25, 0.3) is 0 Å². The van der Waals surface area contributed by atoms with E-state index in [0.717, 1.165) is 5.56 Å². The second kappa shape index (κ2) is 5.50. The fraction of sp³-hybridized carbons (Fsp3) is 0.143. The van der Waals surface area contributed by atoms with E-state index in [2.05, 4.69) is 43.3 Å². The van der Waals surface area contributed by atoms with Crippen molar-refractivity contribution in [2.45, 2.75) is 13.5 Å². The van der Waals surface area contributed by atoms with Gasteiger partial charge in [-0.05, 0) is 0 Å². The Hall–Kier alpha value is -0.801. The molecule has 0 aliphatic carbocycles. The third-order valence-electron chi connectivity index (χ3n) is 2.48. The molecule has 0 saturated heterocycles. The van der Waals surface area contributed by atoms with Crippen LogP contribution in [-0.2, 0) is 6.61 Å². The number of aryl methyl sites for hydroxylation is 1. The van der Waals surface area contributed by atoms with Crippen molar-refractivity contribution in [3.05, 3.63) is 59.7 Å². The van der Waals surface area contributed by atoms with Crippen LogP contribution in [0, 0.1) is 6.92 Å². The van der Waals surface area contributed by atoms with Gasteiger partial charge in [-0.25, -0.2) is 0 Å². The van der Waals surface area contributed by atoms with Gasteiger partial charge in [-0.2, -0.15) is 0 Å². The van der Waals surface area contributed by atoms with Gasteiger partial charge in [-0.3, -0.25) is 0 Å². The Kier molecular flexibility index (Phi) is 4.02. The minimum atomic E-state index is -0.648. The molecular weight excluding hydrogens is 303 g/mol. The van der Waals surface area contributed by atoms with Crippen molar-refractivity contribution >= 4 is 28.3 Å². The van der Waals surface area contributed by atoms with E-state index >= 15 is 0 Å². The zero-order valence-electron chi connectivity index (χ0n) is 9.27. The summed E-state index contributed by atoms with van der Waals surface area (Å²) in [7, 11) is 0. The summed E-state index contributed by atoms with van der Waals surface area (Å²) >= 11 is -0.648. The van der Waals surface area contributed by atoms with E-state index in [1.807, 2.05) is 12.1 Å². The van der Waals surface area contributed by atoms with Crippen LogP contribution in [0.15, 0.2) is 48.5 Å². The topological polar surface area (TPSA) is 20.2 Å². The molecule has 0 saturated carbocycles. The van der Waals surface area contributed by atoms with Crippen LogP contribution in [0.4, 0.5) is 0 Å². The summed E-state index contributed by atoms with van der Waals surface area (Å²) in [6, 6.07) is 17.2. The number of aliphatic hydroxyl groups is 1. The molecule has 0 aromatic heterocycles. The quantitative estimate of drug-likeness (QED) is 0.842. The predicted octanol–water partition coefficient (Wildman–Crippen LogP) is 1.14. The van der Waals surface area contributed by atoms with Gasteiger partial charge in [0.25, 0.3) is 0 Å². The van der Waals surface area contributed by atoms with Gasteiger partial charge in [-0.1, -0.05) is 0 Å². The van der Waals surface area contributed by atoms with Gasteiger partial charge in [-0.15, -0.1) is 0 Å². The first kappa shape index (κ1) is 11.7. The Bertz CT molecular complexity index is 445. The summed E-state index contributed by atoms with van der Waals surface area (Å²) < 4.78 is 2.94. The molecule has 2 radical (unpaired) electrons. The molecule has 0 amide bonds. The molecule has 0 bridgehead atoms. The molecular formula is C14H14OSn. The Morgan fingerprint density at radius 1 is 0.875 bits per heavy atom. The third kappa shape index (κ3) is 3.09. The molecule has 2 heteroatoms. The van der Waals surface area contributed by atoms with Crippen LogP contribution in [0.1, 0.15) is 11.1 Å². The van der Waals surface area contributed by atoms with Crippen LogP contribution < -0.4 is 7.16 Å². The number of hydrogen-bond acceptors (Lipinski definition) is 1. The molecule has 2 aromatic carbocycles. The zero-order chi connectivity index (χ0) is 11.4. The SMILES string of the molecule is Cc1cc[c]([Sn][c]2ccc(CO)cc2)cc1. The predicted molar refractivity (Wildman–Crippen MR) is 68.6 cm³/mol. The molecule has 0 unspecified atom stereocenters. The first-order valence-corrected chi connectivity index (χ1v) is 8.17. The number of hydrogen-bond donors (Lipinski definition) is 1. The summed E-state index contributed by atoms with van der Waals surface area (Å²) in [6.07, 6.45) is 0. The van der Waals surface area contributed by atoms with Crippen LogP contribution in [0.2, 0.25) is 0 Å². The van der Waals surface area contributed by atoms with Crippen LogP contribution in [-0.4, -0.2) is 26.2 Å². The summed E-state index contributed by atoms with van der Waals surface area (Å²) in [5.74, 6) is 0. The Morgan fingerprint density at radius 2 is 1.38 bits per heavy atom. The Balaban J connectivity index is 2.11. The Labute approximate surface area is 106 Å². The normalized spacial score (nSPS) is 10.4. The fourth-order valence-electron chi connectivity index (χ4n) is 1.50. The first-order valence-electron chi connectivity index (χ1n) is 5.31. The van der Waals surface area contributed by atoms with E-state index in [1.165, 1.54) is 12.7 Å². The fourth-order valence-corrected chi connectivity index (χ4v) is 4.35. The molecule has 0 fully saturated rings. The van der Waals surface area contributed by atoms with Gasteiger partial charge >= 0.3 is 107 Å². The van der Waals surface area contributed by atoms with Crippen molar-refractivity contribution in [3.63, 3.8) is 0 Å². The molecule has 1 nitrogen and oxygen atoms in total. The van der Waals surface area contributed by atoms with Crippen molar-refractivity contribution < 1.29 is 5.11 Å². The minimum absolute atomic E-state index is 0.135. The summed E-state index contributed by atoms with van der Waals surface area (Å²) in [4.78, 5) is 0. The number of benzene rings is 2. The van der Waals surface area contributed by atoms with E-state index in [0.29, 0.717) is 0 Å². The Morgan fingerprint density at radius 3 is 1.88 bits per heavy atom. The van der Waals surface area contributed by atoms with E-state index in [9.17, 15) is 0 Å². The van der Waals surface area contributed by atoms with Crippen LogP contribution >= 0.6 is 0 Å². The molecule has 2 aromatic rings. The maximum absolute atomic E-state index is 8.96. The zero-order valence-corrected chi connectivity index (χ0v) is 12.1. The van der Waals surface area contributed by atoms with Crippen molar-refractivity contribution in [2.75, 3.05) is 0 Å². The average molecular weight is 317 g/mol. The van der Waals surface area contributed by atoms with Gasteiger partial charge in [0.1, 0.15) is 0 Å². The molecule has 0 aliphatic rings. The average Bonchev–Trinajstić information content (AvgIpc) is 2.33. The first-order chi connectivity index (χ1) is 7.78. The summed E-state index contributed by atoms with van der Waals surface area (Å²) in [5.41, 5.74) is 2.31. The van der Waals surface area contributed by atoms with Gasteiger partial charge in [0.15, 0.2) is 0 Å². The molecule has 16 heavy (non-hydrogen) atoms. The second-order valence-electron chi connectivity index (χ2n) is 3.85. The molecule has 0 heterocycles. The van der Waals surface area contributed by atoms with Gasteiger partial charge in [0.2, 0.25) is 0 Å². The number of aliphatic hydroxyl groups excluding tert-OH is 1. The van der Waals surface area contributed by atoms with Crippen LogP contribution in [0.5, 0.6) is 0 Å². The van der Waals surface area contributed by atoms with E-state index < -0.39 is 21.1 Å². The monoisotopic (exact) mass is 318 g/mol. The van der Waals surface area contributed by atoms with Crippen molar-refractivity contribution in [1.82, 2.24) is 0 Å². The van der Waals surface area contributed by atoms with E-state index in [1.54, 1.807) is 0 Å². The molecule has 2 rings (SSSR count). The van der Waals surface area contributed by atoms with Crippen molar-refractivity contribution in [3.8, 4) is 0 Å². The number of rotatable bonds is 3. The molecule has 0 aliphatic heterocycles. The maximum atomic E-state index is 8.96. The van der Waals surface area contributed by atoms with Crippen molar-refractivity contribution in [1.29, 1.82) is 0 Å². The standard InChI is InChI=1S/C7H7O.C7H7.Sn/c8-6-7-4-2-1-3-5-7;1-7-5-3-2-4-6-7;/h2-5,8H,6H2;3-6H,1H3;. The third-order valence-corrected chi connectivity index (χ3v) is 6.03. The van der Waals surface area contributed by atoms with E-state index in [-0.39, 0.29) is 6.61 Å². The van der Waals surface area contributed by atoms with Gasteiger partial charge in [0.05, 0.1) is 0 Å². The van der Waals surface area contributed by atoms with Gasteiger partial charge in [0, 0.05) is 0 Å². The molecule has 0 atom stereocenters. The summed E-state index contributed by atoms with van der Waals surface area (Å²) in [6.45, 7) is 2.25. The summed E-state index contributed by atoms with van der Waals surface area (Å²) in [5, 5.41) is 8.96. The van der Waals surface area contributed by atoms with Gasteiger partial charge < -0.3 is 0 Å². The molecule has 80 valence electrons. The van der Waals surface area contributed by atoms with E-state index in [4.69, 9.17) is 5.11 Å². The second-order valence-corrected chi connectivity index (χ2v) is 7.86. The van der Waals surface area contributed by atoms with Crippen molar-refractivity contribution in [2.24, 2.45) is 0 Å².